The van der Waals surface area contributed by atoms with E-state index >= 15 is 0 Å². The van der Waals surface area contributed by atoms with Crippen molar-refractivity contribution in [3.05, 3.63) is 64.4 Å². The van der Waals surface area contributed by atoms with E-state index in [9.17, 15) is 20.3 Å². The van der Waals surface area contributed by atoms with Crippen molar-refractivity contribution in [3.63, 3.8) is 0 Å². The highest BCUT2D eigenvalue weighted by Crippen LogP contribution is 2.23. The lowest BCUT2D eigenvalue weighted by Gasteiger charge is -2.17. The Morgan fingerprint density at radius 3 is 2.58 bits per heavy atom. The third-order valence-corrected chi connectivity index (χ3v) is 2.53. The van der Waals surface area contributed by atoms with E-state index in [4.69, 9.17) is 0 Å². The molecule has 0 bridgehead atoms. The summed E-state index contributed by atoms with van der Waals surface area (Å²) in [5.74, 6) is -0.415. The van der Waals surface area contributed by atoms with E-state index in [0.717, 1.165) is 12.2 Å². The van der Waals surface area contributed by atoms with Crippen molar-refractivity contribution in [3.8, 4) is 0 Å². The van der Waals surface area contributed by atoms with Crippen LogP contribution in [0, 0.1) is 10.1 Å². The molecule has 7 nitrogen and oxygen atoms in total. The van der Waals surface area contributed by atoms with Gasteiger partial charge in [-0.25, -0.2) is 0 Å². The van der Waals surface area contributed by atoms with Crippen LogP contribution >= 0.6 is 0 Å². The average molecular weight is 261 g/mol. The van der Waals surface area contributed by atoms with Gasteiger partial charge in [0.15, 0.2) is 0 Å². The highest BCUT2D eigenvalue weighted by Gasteiger charge is 2.39. The summed E-state index contributed by atoms with van der Waals surface area (Å²) in [5, 5.41) is 37.5. The Hall–Kier alpha value is -2.54. The number of rotatable bonds is 3. The normalized spacial score (nSPS) is 26.4. The van der Waals surface area contributed by atoms with Crippen molar-refractivity contribution in [2.75, 3.05) is 0 Å². The van der Waals surface area contributed by atoms with Crippen molar-refractivity contribution in [2.45, 2.75) is 11.8 Å². The molecule has 0 spiro atoms. The lowest BCUT2D eigenvalue weighted by Crippen LogP contribution is -2.37. The topological polar surface area (TPSA) is 108 Å². The fourth-order valence-corrected chi connectivity index (χ4v) is 1.52. The second kappa shape index (κ2) is 4.99. The van der Waals surface area contributed by atoms with Gasteiger partial charge in [-0.1, -0.05) is 18.2 Å². The van der Waals surface area contributed by atoms with Crippen LogP contribution in [-0.4, -0.2) is 26.9 Å². The fraction of sp³-hybridized carbons (Fsp3) is 0.167. The Morgan fingerprint density at radius 1 is 1.32 bits per heavy atom. The first-order valence-corrected chi connectivity index (χ1v) is 5.45. The standard InChI is InChI=1S/C12H11N3O4/c16-11-8-12(17,15(18)19)7-6-10(11)14-13-9-4-2-1-3-5-9/h1-8,10,16-17H/b14-13+. The van der Waals surface area contributed by atoms with Crippen molar-refractivity contribution in [1.82, 2.24) is 0 Å². The molecule has 2 rings (SSSR count). The summed E-state index contributed by atoms with van der Waals surface area (Å²) in [6.45, 7) is 0. The zero-order valence-electron chi connectivity index (χ0n) is 9.75. The summed E-state index contributed by atoms with van der Waals surface area (Å²) >= 11 is 0. The summed E-state index contributed by atoms with van der Waals surface area (Å²) in [5.41, 5.74) is -1.79. The fourth-order valence-electron chi connectivity index (χ4n) is 1.52. The summed E-state index contributed by atoms with van der Waals surface area (Å²) in [7, 11) is 0. The first-order valence-electron chi connectivity index (χ1n) is 5.45. The van der Waals surface area contributed by atoms with Gasteiger partial charge in [0.1, 0.15) is 11.8 Å². The number of hydrogen-bond acceptors (Lipinski definition) is 6. The predicted octanol–water partition coefficient (Wildman–Crippen LogP) is 2.12. The summed E-state index contributed by atoms with van der Waals surface area (Å²) in [6.07, 6.45) is 2.92. The maximum Gasteiger partial charge on any atom is 0.365 e. The molecule has 0 aromatic heterocycles. The molecule has 98 valence electrons. The quantitative estimate of drug-likeness (QED) is 0.285. The van der Waals surface area contributed by atoms with E-state index in [0.29, 0.717) is 5.69 Å². The van der Waals surface area contributed by atoms with E-state index in [1.54, 1.807) is 24.3 Å². The number of hydrogen-bond donors (Lipinski definition) is 2. The molecule has 7 heteroatoms. The molecule has 0 heterocycles. The molecule has 2 unspecified atom stereocenters. The van der Waals surface area contributed by atoms with Gasteiger partial charge in [0.05, 0.1) is 16.7 Å². The minimum atomic E-state index is -2.39. The van der Waals surface area contributed by atoms with Gasteiger partial charge in [-0.15, -0.1) is 0 Å². The number of nitrogens with zero attached hydrogens (tertiary/aromatic N) is 3. The SMILES string of the molecule is O=[N+]([O-])C1(O)C=CC(/N=N/c2ccccc2)C(O)=C1. The van der Waals surface area contributed by atoms with Crippen LogP contribution in [0.1, 0.15) is 0 Å². The molecular weight excluding hydrogens is 250 g/mol. The van der Waals surface area contributed by atoms with Crippen LogP contribution in [0.2, 0.25) is 0 Å². The van der Waals surface area contributed by atoms with Crippen LogP contribution in [0.25, 0.3) is 0 Å². The van der Waals surface area contributed by atoms with Gasteiger partial charge < -0.3 is 10.2 Å². The Kier molecular flexibility index (Phi) is 3.39. The third kappa shape index (κ3) is 2.83. The van der Waals surface area contributed by atoms with E-state index < -0.39 is 22.4 Å². The maximum atomic E-state index is 10.6. The second-order valence-electron chi connectivity index (χ2n) is 3.96. The predicted molar refractivity (Wildman–Crippen MR) is 66.5 cm³/mol. The molecule has 1 aliphatic rings. The molecule has 0 radical (unpaired) electrons. The zero-order valence-corrected chi connectivity index (χ0v) is 9.75. The number of aliphatic hydroxyl groups is 2. The molecule has 2 atom stereocenters. The third-order valence-electron chi connectivity index (χ3n) is 2.53. The zero-order chi connectivity index (χ0) is 13.9. The van der Waals surface area contributed by atoms with Crippen LogP contribution in [0.5, 0.6) is 0 Å². The lowest BCUT2D eigenvalue weighted by atomic mass is 10.0. The molecule has 2 N–H and O–H groups in total. The Morgan fingerprint density at radius 2 is 2.00 bits per heavy atom. The molecule has 0 fully saturated rings. The average Bonchev–Trinajstić information content (AvgIpc) is 2.39. The first kappa shape index (κ1) is 12.9. The van der Waals surface area contributed by atoms with Gasteiger partial charge >= 0.3 is 5.72 Å². The Bertz CT molecular complexity index is 568. The largest absolute Gasteiger partial charge is 0.510 e. The van der Waals surface area contributed by atoms with Crippen molar-refractivity contribution in [2.24, 2.45) is 10.2 Å². The van der Waals surface area contributed by atoms with Gasteiger partial charge in [-0.05, 0) is 18.2 Å². The number of aliphatic hydroxyl groups excluding tert-OH is 1. The van der Waals surface area contributed by atoms with Crippen LogP contribution in [0.15, 0.2) is 64.5 Å². The number of benzene rings is 1. The monoisotopic (exact) mass is 261 g/mol. The molecule has 0 saturated carbocycles. The second-order valence-corrected chi connectivity index (χ2v) is 3.96. The highest BCUT2D eigenvalue weighted by molar-refractivity contribution is 5.35. The molecule has 0 aliphatic heterocycles. The highest BCUT2D eigenvalue weighted by atomic mass is 16.7. The summed E-state index contributed by atoms with van der Waals surface area (Å²) in [4.78, 5) is 9.69. The van der Waals surface area contributed by atoms with Gasteiger partial charge in [0, 0.05) is 6.08 Å². The maximum absolute atomic E-state index is 10.6. The molecule has 1 aliphatic carbocycles. The van der Waals surface area contributed by atoms with Crippen molar-refractivity contribution >= 4 is 5.69 Å². The minimum Gasteiger partial charge on any atom is -0.510 e. The van der Waals surface area contributed by atoms with Crippen LogP contribution in [0.4, 0.5) is 5.69 Å². The number of azo groups is 1. The minimum absolute atomic E-state index is 0.415. The van der Waals surface area contributed by atoms with E-state index in [-0.39, 0.29) is 0 Å². The molecule has 1 aromatic rings. The molecule has 0 amide bonds. The van der Waals surface area contributed by atoms with E-state index in [1.807, 2.05) is 6.07 Å². The lowest BCUT2D eigenvalue weighted by molar-refractivity contribution is -0.592. The molecular formula is C12H11N3O4. The molecule has 0 saturated heterocycles. The molecule has 1 aromatic carbocycles. The first-order chi connectivity index (χ1) is 9.01. The van der Waals surface area contributed by atoms with E-state index in [1.165, 1.54) is 6.08 Å². The summed E-state index contributed by atoms with van der Waals surface area (Å²) in [6, 6.07) is 8.02. The number of nitro groups is 1. The van der Waals surface area contributed by atoms with Gasteiger partial charge in [0.25, 0.3) is 0 Å². The van der Waals surface area contributed by atoms with Gasteiger partial charge in [-0.2, -0.15) is 10.2 Å². The van der Waals surface area contributed by atoms with Gasteiger partial charge in [-0.3, -0.25) is 10.1 Å². The van der Waals surface area contributed by atoms with Gasteiger partial charge in [0.2, 0.25) is 0 Å². The summed E-state index contributed by atoms with van der Waals surface area (Å²) < 4.78 is 0. The smallest absolute Gasteiger partial charge is 0.365 e. The Labute approximate surface area is 108 Å². The Balaban J connectivity index is 2.15. The van der Waals surface area contributed by atoms with Crippen molar-refractivity contribution < 1.29 is 15.1 Å². The van der Waals surface area contributed by atoms with Crippen LogP contribution < -0.4 is 0 Å². The van der Waals surface area contributed by atoms with E-state index in [2.05, 4.69) is 10.2 Å². The van der Waals surface area contributed by atoms with Crippen LogP contribution in [-0.2, 0) is 0 Å². The molecule has 19 heavy (non-hydrogen) atoms. The van der Waals surface area contributed by atoms with Crippen molar-refractivity contribution in [1.29, 1.82) is 0 Å². The van der Waals surface area contributed by atoms with Crippen LogP contribution in [0.3, 0.4) is 0 Å².